The summed E-state index contributed by atoms with van der Waals surface area (Å²) in [6.45, 7) is 3.26. The van der Waals surface area contributed by atoms with E-state index in [1.54, 1.807) is 0 Å². The molecule has 0 saturated heterocycles. The van der Waals surface area contributed by atoms with E-state index in [-0.39, 0.29) is 27.9 Å². The summed E-state index contributed by atoms with van der Waals surface area (Å²) >= 11 is -1.72. The van der Waals surface area contributed by atoms with Gasteiger partial charge in [-0.25, -0.2) is 13.5 Å². The Kier molecular flexibility index (Phi) is 6.78. The number of carbonyl (C=O) groups excluding carboxylic acids is 1. The van der Waals surface area contributed by atoms with Crippen LogP contribution in [-0.2, 0) is 16.1 Å². The Morgan fingerprint density at radius 1 is 1.41 bits per heavy atom. The van der Waals surface area contributed by atoms with E-state index >= 15 is 0 Å². The molecule has 0 bridgehead atoms. The molecule has 0 saturated carbocycles. The van der Waals surface area contributed by atoms with E-state index in [9.17, 15) is 26.7 Å². The second-order valence-corrected chi connectivity index (χ2v) is 7.01. The predicted octanol–water partition coefficient (Wildman–Crippen LogP) is 4.33. The van der Waals surface area contributed by atoms with Gasteiger partial charge in [0.25, 0.3) is 11.3 Å². The zero-order chi connectivity index (χ0) is 20.2. The van der Waals surface area contributed by atoms with Crippen molar-refractivity contribution >= 4 is 39.4 Å². The highest BCUT2D eigenvalue weighted by molar-refractivity contribution is 7.81. The molecule has 0 aliphatic carbocycles. The van der Waals surface area contributed by atoms with Crippen LogP contribution < -0.4 is 13.8 Å². The number of nitrogens with zero attached hydrogens (tertiary/aromatic N) is 2. The highest BCUT2D eigenvalue weighted by atomic mass is 32.2. The summed E-state index contributed by atoms with van der Waals surface area (Å²) in [6.07, 6.45) is -2.81. The maximum Gasteiger partial charge on any atom is 0.573 e. The molecule has 0 radical (unpaired) electrons. The van der Waals surface area contributed by atoms with Gasteiger partial charge >= 0.3 is 12.3 Å². The lowest BCUT2D eigenvalue weighted by atomic mass is 10.2. The van der Waals surface area contributed by atoms with Crippen molar-refractivity contribution in [3.05, 3.63) is 30.0 Å². The number of anilines is 2. The van der Waals surface area contributed by atoms with Crippen LogP contribution in [0.5, 0.6) is 10.8 Å². The largest absolute Gasteiger partial charge is 0.573 e. The fraction of sp³-hybridized carbons (Fsp3) is 0.333. The lowest BCUT2D eigenvalue weighted by Crippen LogP contribution is -2.20. The van der Waals surface area contributed by atoms with Crippen molar-refractivity contribution in [3.63, 3.8) is 0 Å². The van der Waals surface area contributed by atoms with Crippen LogP contribution in [0.25, 0.3) is 0 Å². The minimum atomic E-state index is -4.85. The van der Waals surface area contributed by atoms with Crippen LogP contribution in [-0.4, -0.2) is 26.1 Å². The van der Waals surface area contributed by atoms with Crippen molar-refractivity contribution in [1.82, 2.24) is 4.98 Å². The van der Waals surface area contributed by atoms with Gasteiger partial charge in [0.05, 0.1) is 11.9 Å². The summed E-state index contributed by atoms with van der Waals surface area (Å²) in [5, 5.41) is 0.163. The molecule has 0 aliphatic rings. The molecule has 0 amide bonds. The Morgan fingerprint density at radius 2 is 2.11 bits per heavy atom. The molecule has 12 heteroatoms. The van der Waals surface area contributed by atoms with Gasteiger partial charge in [0, 0.05) is 6.42 Å². The number of aryl methyl sites for hydroxylation is 1. The molecule has 27 heavy (non-hydrogen) atoms. The number of aromatic nitrogens is 1. The van der Waals surface area contributed by atoms with Crippen molar-refractivity contribution in [3.8, 4) is 10.8 Å². The fourth-order valence-electron chi connectivity index (χ4n) is 2.07. The summed E-state index contributed by atoms with van der Waals surface area (Å²) in [6, 6.07) is 3.30. The number of hydrogen-bond acceptors (Lipinski definition) is 6. The first-order valence-electron chi connectivity index (χ1n) is 7.54. The van der Waals surface area contributed by atoms with Crippen molar-refractivity contribution in [2.45, 2.75) is 33.1 Å². The maximum absolute atomic E-state index is 12.3. The van der Waals surface area contributed by atoms with Gasteiger partial charge in [0.1, 0.15) is 5.75 Å². The lowest BCUT2D eigenvalue weighted by molar-refractivity contribution is -0.274. The normalized spacial score (nSPS) is 12.5. The number of hydrogen-bond donors (Lipinski definition) is 1. The Labute approximate surface area is 159 Å². The van der Waals surface area contributed by atoms with E-state index in [1.807, 2.05) is 6.92 Å². The smallest absolute Gasteiger partial charge is 0.414 e. The molecule has 1 unspecified atom stereocenters. The Hall–Kier alpha value is -2.18. The van der Waals surface area contributed by atoms with Crippen LogP contribution in [0.3, 0.4) is 0 Å². The third-order valence-corrected chi connectivity index (χ3v) is 4.75. The third kappa shape index (κ3) is 5.91. The van der Waals surface area contributed by atoms with Crippen LogP contribution >= 0.6 is 11.3 Å². The van der Waals surface area contributed by atoms with Crippen molar-refractivity contribution in [1.29, 1.82) is 0 Å². The molecule has 1 N–H and O–H groups in total. The highest BCUT2D eigenvalue weighted by Gasteiger charge is 2.31. The predicted molar refractivity (Wildman–Crippen MR) is 93.4 cm³/mol. The minimum Gasteiger partial charge on any atom is -0.414 e. The maximum atomic E-state index is 12.3. The summed E-state index contributed by atoms with van der Waals surface area (Å²) in [5.41, 5.74) is 0.394. The molecule has 7 nitrogen and oxygen atoms in total. The lowest BCUT2D eigenvalue weighted by Gasteiger charge is -2.19. The average Bonchev–Trinajstić information content (AvgIpc) is 2.96. The number of thiazole rings is 1. The summed E-state index contributed by atoms with van der Waals surface area (Å²) in [5.74, 6) is -0.921. The standard InChI is InChI=1S/C15H15F3N2O5S2/c1-3-4-12(21)24-13-8-19-14(26-13)20(27(22)23)11-6-5-10(7-9(11)2)25-15(16,17)18/h5-8H,3-4H2,1-2H3,(H,22,23). The van der Waals surface area contributed by atoms with Gasteiger partial charge in [-0.15, -0.1) is 13.2 Å². The number of carbonyl (C=O) groups is 1. The molecule has 148 valence electrons. The first kappa shape index (κ1) is 21.1. The minimum absolute atomic E-state index is 0.0303. The molecular weight excluding hydrogens is 409 g/mol. The zero-order valence-electron chi connectivity index (χ0n) is 14.1. The molecule has 1 aromatic heterocycles. The highest BCUT2D eigenvalue weighted by Crippen LogP contribution is 2.37. The van der Waals surface area contributed by atoms with E-state index in [1.165, 1.54) is 19.2 Å². The van der Waals surface area contributed by atoms with Crippen molar-refractivity contribution in [2.24, 2.45) is 0 Å². The van der Waals surface area contributed by atoms with E-state index in [0.717, 1.165) is 27.8 Å². The summed E-state index contributed by atoms with van der Waals surface area (Å²) in [7, 11) is 0. The topological polar surface area (TPSA) is 89.0 Å². The number of ether oxygens (including phenoxy) is 2. The Morgan fingerprint density at radius 3 is 2.67 bits per heavy atom. The average molecular weight is 424 g/mol. The number of halogens is 3. The Bertz CT molecular complexity index is 841. The van der Waals surface area contributed by atoms with Crippen molar-refractivity contribution in [2.75, 3.05) is 4.31 Å². The number of alkyl halides is 3. The molecule has 2 rings (SSSR count). The van der Waals surface area contributed by atoms with Crippen LogP contribution in [0.15, 0.2) is 24.4 Å². The van der Waals surface area contributed by atoms with Crippen molar-refractivity contribution < 1.29 is 36.2 Å². The zero-order valence-corrected chi connectivity index (χ0v) is 15.8. The van der Waals surface area contributed by atoms with E-state index < -0.39 is 29.3 Å². The van der Waals surface area contributed by atoms with Gasteiger partial charge in [0.15, 0.2) is 0 Å². The Balaban J connectivity index is 2.29. The summed E-state index contributed by atoms with van der Waals surface area (Å²) in [4.78, 5) is 15.5. The van der Waals surface area contributed by atoms with Gasteiger partial charge < -0.3 is 9.47 Å². The molecule has 2 aromatic rings. The first-order chi connectivity index (χ1) is 12.6. The molecule has 0 aliphatic heterocycles. The van der Waals surface area contributed by atoms with Gasteiger partial charge in [-0.05, 0) is 37.1 Å². The summed E-state index contributed by atoms with van der Waals surface area (Å²) < 4.78 is 68.1. The quantitative estimate of drug-likeness (QED) is 0.526. The first-order valence-corrected chi connectivity index (χ1v) is 9.42. The molecule has 0 fully saturated rings. The third-order valence-electron chi connectivity index (χ3n) is 3.09. The van der Waals surface area contributed by atoms with Crippen LogP contribution in [0.2, 0.25) is 0 Å². The van der Waals surface area contributed by atoms with E-state index in [4.69, 9.17) is 4.74 Å². The van der Waals surface area contributed by atoms with Gasteiger partial charge in [-0.1, -0.05) is 18.3 Å². The molecule has 1 aromatic carbocycles. The molecule has 1 atom stereocenters. The van der Waals surface area contributed by atoms with Crippen LogP contribution in [0.4, 0.5) is 24.0 Å². The monoisotopic (exact) mass is 424 g/mol. The van der Waals surface area contributed by atoms with Crippen LogP contribution in [0, 0.1) is 6.92 Å². The van der Waals surface area contributed by atoms with E-state index in [0.29, 0.717) is 6.42 Å². The number of benzene rings is 1. The molecule has 1 heterocycles. The van der Waals surface area contributed by atoms with E-state index in [2.05, 4.69) is 9.72 Å². The van der Waals surface area contributed by atoms with Gasteiger partial charge in [0.2, 0.25) is 10.2 Å². The van der Waals surface area contributed by atoms with Gasteiger partial charge in [-0.3, -0.25) is 9.35 Å². The number of esters is 1. The second kappa shape index (κ2) is 8.67. The van der Waals surface area contributed by atoms with Gasteiger partial charge in [-0.2, -0.15) is 0 Å². The molecular formula is C15H15F3N2O5S2. The number of rotatable bonds is 7. The SMILES string of the molecule is CCCC(=O)Oc1cnc(N(c2ccc(OC(F)(F)F)cc2C)S(=O)O)s1. The van der Waals surface area contributed by atoms with Crippen LogP contribution in [0.1, 0.15) is 25.3 Å². The fourth-order valence-corrected chi connectivity index (χ4v) is 3.63. The molecule has 0 spiro atoms. The second-order valence-electron chi connectivity index (χ2n) is 5.21.